The summed E-state index contributed by atoms with van der Waals surface area (Å²) in [5.74, 6) is 0. The maximum Gasteiger partial charge on any atom is 0.145 e. The largest absolute Gasteiger partial charge is 0.333 e. The molecule has 10 aromatic rings. The van der Waals surface area contributed by atoms with Gasteiger partial charge in [-0.1, -0.05) is 126 Å². The van der Waals surface area contributed by atoms with Crippen molar-refractivity contribution in [2.75, 3.05) is 0 Å². The van der Waals surface area contributed by atoms with Crippen molar-refractivity contribution in [3.63, 3.8) is 0 Å². The molecule has 4 aromatic heterocycles. The fraction of sp³-hybridized carbons (Fsp3) is 0.276. The molecule has 4 nitrogen and oxygen atoms in total. The summed E-state index contributed by atoms with van der Waals surface area (Å²) in [6, 6.07) is 45.5. The maximum absolute atomic E-state index is 5.09. The zero-order chi connectivity index (χ0) is 43.8. The molecule has 0 spiro atoms. The molecule has 0 fully saturated rings. The number of aryl methyl sites for hydroxylation is 6. The fourth-order valence-electron chi connectivity index (χ4n) is 10.0. The third kappa shape index (κ3) is 8.00. The number of fused-ring (bicyclic) bond motifs is 12. The van der Waals surface area contributed by atoms with Gasteiger partial charge < -0.3 is 4.40 Å². The topological polar surface area (TPSA) is 34.6 Å². The predicted octanol–water partition coefficient (Wildman–Crippen LogP) is 15.4. The van der Waals surface area contributed by atoms with E-state index in [-0.39, 0.29) is 30.9 Å². The quantitative estimate of drug-likeness (QED) is 0.130. The molecule has 4 heterocycles. The SMILES string of the molecule is Cc1cccc(C)c1-c1c(C)nc2c3[c-]cccc3c3cc(CC(C)(C)C)ccc3n12.Cc1cccc(C)c1-c1c(C)nc2c3ccccc3c3cc(CC(C)(C)C)ccc3n12.[Ir]. The Morgan fingerprint density at radius 1 is 0.460 bits per heavy atom. The second-order valence-corrected chi connectivity index (χ2v) is 20.1. The average molecular weight is 1000 g/mol. The standard InChI is InChI=1S/C29H30N2.C29H29N2.Ir/c2*1-18-10-9-11-19(2)26(18)27-20(3)30-28-23-13-8-7-12-22(23)24-16-21(17-29(4,5)6)14-15-25(24)31(27)28;/h7-16H,17H2,1-6H3;7-12,14-16H,17H2,1-6H3;/q;-1;. The van der Waals surface area contributed by atoms with Gasteiger partial charge in [-0.05, 0) is 128 Å². The van der Waals surface area contributed by atoms with Gasteiger partial charge in [-0.2, -0.15) is 0 Å². The summed E-state index contributed by atoms with van der Waals surface area (Å²) < 4.78 is 4.75. The van der Waals surface area contributed by atoms with Gasteiger partial charge >= 0.3 is 0 Å². The molecule has 0 aliphatic carbocycles. The number of hydrogen-bond acceptors (Lipinski definition) is 2. The van der Waals surface area contributed by atoms with Gasteiger partial charge in [0.05, 0.1) is 33.9 Å². The Morgan fingerprint density at radius 3 is 1.38 bits per heavy atom. The van der Waals surface area contributed by atoms with Crippen molar-refractivity contribution in [3.05, 3.63) is 166 Å². The molecule has 321 valence electrons. The zero-order valence-electron chi connectivity index (χ0n) is 39.0. The fourth-order valence-corrected chi connectivity index (χ4v) is 10.0. The van der Waals surface area contributed by atoms with Crippen LogP contribution in [0.1, 0.15) is 86.3 Å². The van der Waals surface area contributed by atoms with Crippen LogP contribution in [0.15, 0.2) is 115 Å². The summed E-state index contributed by atoms with van der Waals surface area (Å²) in [7, 11) is 0. The first-order chi connectivity index (χ1) is 29.5. The monoisotopic (exact) mass is 1000 g/mol. The van der Waals surface area contributed by atoms with E-state index in [2.05, 4.69) is 207 Å². The number of benzene rings is 6. The Labute approximate surface area is 386 Å². The molecular formula is C58H59IrN4-. The molecule has 0 aliphatic heterocycles. The van der Waals surface area contributed by atoms with E-state index in [0.717, 1.165) is 40.9 Å². The molecule has 0 atom stereocenters. The van der Waals surface area contributed by atoms with Crippen LogP contribution >= 0.6 is 0 Å². The molecule has 6 aromatic carbocycles. The molecule has 0 saturated carbocycles. The second kappa shape index (κ2) is 16.5. The first-order valence-corrected chi connectivity index (χ1v) is 22.2. The van der Waals surface area contributed by atoms with Gasteiger partial charge in [0.25, 0.3) is 0 Å². The van der Waals surface area contributed by atoms with Crippen molar-refractivity contribution in [1.82, 2.24) is 18.8 Å². The smallest absolute Gasteiger partial charge is 0.145 e. The van der Waals surface area contributed by atoms with Gasteiger partial charge in [0.1, 0.15) is 5.65 Å². The Balaban J connectivity index is 0.000000170. The van der Waals surface area contributed by atoms with E-state index in [1.807, 2.05) is 6.07 Å². The van der Waals surface area contributed by atoms with Crippen LogP contribution in [-0.2, 0) is 32.9 Å². The summed E-state index contributed by atoms with van der Waals surface area (Å²) in [6.45, 7) is 26.9. The van der Waals surface area contributed by atoms with Crippen molar-refractivity contribution in [1.29, 1.82) is 0 Å². The van der Waals surface area contributed by atoms with E-state index in [0.29, 0.717) is 0 Å². The molecule has 63 heavy (non-hydrogen) atoms. The summed E-state index contributed by atoms with van der Waals surface area (Å²) in [4.78, 5) is 10.2. The summed E-state index contributed by atoms with van der Waals surface area (Å²) in [5, 5.41) is 7.37. The van der Waals surface area contributed by atoms with E-state index in [4.69, 9.17) is 9.97 Å². The van der Waals surface area contributed by atoms with Crippen LogP contribution in [0.4, 0.5) is 0 Å². The number of imidazole rings is 2. The van der Waals surface area contributed by atoms with Crippen LogP contribution in [0.2, 0.25) is 0 Å². The van der Waals surface area contributed by atoms with Crippen molar-refractivity contribution >= 4 is 54.6 Å². The van der Waals surface area contributed by atoms with Crippen molar-refractivity contribution < 1.29 is 20.1 Å². The van der Waals surface area contributed by atoms with Crippen molar-refractivity contribution in [2.45, 2.75) is 95.9 Å². The molecule has 0 aliphatic rings. The molecule has 0 saturated heterocycles. The molecule has 5 heteroatoms. The minimum Gasteiger partial charge on any atom is -0.333 e. The van der Waals surface area contributed by atoms with Crippen LogP contribution in [-0.4, -0.2) is 18.8 Å². The molecule has 1 radical (unpaired) electrons. The van der Waals surface area contributed by atoms with Gasteiger partial charge in [-0.25, -0.2) is 4.98 Å². The van der Waals surface area contributed by atoms with Gasteiger partial charge in [0.15, 0.2) is 0 Å². The van der Waals surface area contributed by atoms with Crippen LogP contribution in [0.5, 0.6) is 0 Å². The Kier molecular flexibility index (Phi) is 11.5. The van der Waals surface area contributed by atoms with Crippen LogP contribution in [0.3, 0.4) is 0 Å². The van der Waals surface area contributed by atoms with E-state index in [1.165, 1.54) is 93.9 Å². The van der Waals surface area contributed by atoms with Crippen LogP contribution in [0.25, 0.3) is 77.2 Å². The summed E-state index contributed by atoms with van der Waals surface area (Å²) in [5.41, 5.74) is 20.0. The van der Waals surface area contributed by atoms with Gasteiger partial charge in [-0.3, -0.25) is 9.38 Å². The summed E-state index contributed by atoms with van der Waals surface area (Å²) in [6.07, 6.45) is 2.10. The van der Waals surface area contributed by atoms with Crippen LogP contribution in [0, 0.1) is 58.4 Å². The number of rotatable bonds is 4. The first kappa shape index (κ1) is 44.0. The van der Waals surface area contributed by atoms with E-state index < -0.39 is 0 Å². The van der Waals surface area contributed by atoms with Crippen molar-refractivity contribution in [3.8, 4) is 22.5 Å². The van der Waals surface area contributed by atoms with E-state index >= 15 is 0 Å². The normalized spacial score (nSPS) is 12.1. The molecule has 0 N–H and O–H groups in total. The molecular weight excluding hydrogens is 945 g/mol. The second-order valence-electron chi connectivity index (χ2n) is 20.1. The van der Waals surface area contributed by atoms with Gasteiger partial charge in [-0.15, -0.1) is 29.7 Å². The Bertz CT molecular complexity index is 3120. The van der Waals surface area contributed by atoms with Crippen molar-refractivity contribution in [2.24, 2.45) is 10.8 Å². The number of aromatic nitrogens is 4. The Morgan fingerprint density at radius 2 is 0.889 bits per heavy atom. The third-order valence-corrected chi connectivity index (χ3v) is 12.4. The molecule has 0 amide bonds. The minimum absolute atomic E-state index is 0. The zero-order valence-corrected chi connectivity index (χ0v) is 41.4. The minimum atomic E-state index is 0. The number of hydrogen-bond donors (Lipinski definition) is 0. The van der Waals surface area contributed by atoms with E-state index in [9.17, 15) is 0 Å². The maximum atomic E-state index is 5.09. The summed E-state index contributed by atoms with van der Waals surface area (Å²) >= 11 is 0. The number of nitrogens with zero attached hydrogens (tertiary/aromatic N) is 4. The third-order valence-electron chi connectivity index (χ3n) is 12.4. The first-order valence-electron chi connectivity index (χ1n) is 22.2. The predicted molar refractivity (Wildman–Crippen MR) is 265 cm³/mol. The number of pyridine rings is 2. The molecule has 0 unspecified atom stereocenters. The molecule has 10 rings (SSSR count). The van der Waals surface area contributed by atoms with Crippen LogP contribution < -0.4 is 0 Å². The molecule has 0 bridgehead atoms. The average Bonchev–Trinajstić information content (AvgIpc) is 3.73. The van der Waals surface area contributed by atoms with Gasteiger partial charge in [0.2, 0.25) is 0 Å². The van der Waals surface area contributed by atoms with E-state index in [1.54, 1.807) is 0 Å². The Hall–Kier alpha value is -5.61. The van der Waals surface area contributed by atoms with Gasteiger partial charge in [0, 0.05) is 47.5 Å².